The molecule has 0 aliphatic heterocycles. The van der Waals surface area contributed by atoms with E-state index in [1.807, 2.05) is 35.8 Å². The fourth-order valence-electron chi connectivity index (χ4n) is 1.37. The van der Waals surface area contributed by atoms with Crippen molar-refractivity contribution in [1.29, 1.82) is 0 Å². The summed E-state index contributed by atoms with van der Waals surface area (Å²) in [5.41, 5.74) is 2.05. The monoisotopic (exact) mass is 206 g/mol. The number of hydrogen-bond donors (Lipinski definition) is 0. The molecule has 0 spiro atoms. The summed E-state index contributed by atoms with van der Waals surface area (Å²) in [7, 11) is 1.62. The molecule has 4 heteroatoms. The van der Waals surface area contributed by atoms with Gasteiger partial charge in [0.2, 0.25) is 0 Å². The van der Waals surface area contributed by atoms with E-state index in [9.17, 15) is 0 Å². The van der Waals surface area contributed by atoms with Crippen molar-refractivity contribution in [3.63, 3.8) is 0 Å². The summed E-state index contributed by atoms with van der Waals surface area (Å²) in [6, 6.07) is 7.95. The Bertz CT molecular complexity index is 439. The van der Waals surface area contributed by atoms with Crippen molar-refractivity contribution in [2.75, 3.05) is 7.11 Å². The standard InChI is InChI=1S/C11H14N2O2/c1-9(14-2)15-8-13-7-12-10-5-3-4-6-11(10)13/h3-7,9H,8H2,1-2H3. The Morgan fingerprint density at radius 2 is 2.20 bits per heavy atom. The first-order chi connectivity index (χ1) is 7.31. The van der Waals surface area contributed by atoms with Gasteiger partial charge in [0.1, 0.15) is 6.73 Å². The number of benzene rings is 1. The predicted octanol–water partition coefficient (Wildman–Crippen LogP) is 2.00. The highest BCUT2D eigenvalue weighted by atomic mass is 16.7. The summed E-state index contributed by atoms with van der Waals surface area (Å²) >= 11 is 0. The van der Waals surface area contributed by atoms with Gasteiger partial charge in [-0.2, -0.15) is 0 Å². The predicted molar refractivity (Wildman–Crippen MR) is 57.3 cm³/mol. The molecule has 0 aliphatic carbocycles. The van der Waals surface area contributed by atoms with Crippen LogP contribution >= 0.6 is 0 Å². The molecular weight excluding hydrogens is 192 g/mol. The van der Waals surface area contributed by atoms with Crippen molar-refractivity contribution >= 4 is 11.0 Å². The van der Waals surface area contributed by atoms with Crippen molar-refractivity contribution in [3.05, 3.63) is 30.6 Å². The van der Waals surface area contributed by atoms with Crippen LogP contribution in [-0.2, 0) is 16.2 Å². The number of para-hydroxylation sites is 2. The van der Waals surface area contributed by atoms with E-state index in [0.717, 1.165) is 11.0 Å². The largest absolute Gasteiger partial charge is 0.356 e. The summed E-state index contributed by atoms with van der Waals surface area (Å²) in [6.45, 7) is 2.31. The normalized spacial score (nSPS) is 13.2. The average molecular weight is 206 g/mol. The molecule has 80 valence electrons. The SMILES string of the molecule is COC(C)OCn1cnc2ccccc21. The van der Waals surface area contributed by atoms with Gasteiger partial charge in [0, 0.05) is 7.11 Å². The van der Waals surface area contributed by atoms with Gasteiger partial charge in [-0.15, -0.1) is 0 Å². The summed E-state index contributed by atoms with van der Waals surface area (Å²) in [6.07, 6.45) is 1.57. The molecule has 2 aromatic rings. The molecule has 1 aromatic carbocycles. The molecule has 0 saturated carbocycles. The fraction of sp³-hybridized carbons (Fsp3) is 0.364. The minimum Gasteiger partial charge on any atom is -0.356 e. The topological polar surface area (TPSA) is 36.3 Å². The Morgan fingerprint density at radius 3 is 3.00 bits per heavy atom. The molecule has 0 bridgehead atoms. The zero-order chi connectivity index (χ0) is 10.7. The van der Waals surface area contributed by atoms with Gasteiger partial charge in [-0.1, -0.05) is 12.1 Å². The number of nitrogens with zero attached hydrogens (tertiary/aromatic N) is 2. The van der Waals surface area contributed by atoms with Crippen molar-refractivity contribution in [2.24, 2.45) is 0 Å². The molecule has 4 nitrogen and oxygen atoms in total. The molecule has 1 atom stereocenters. The van der Waals surface area contributed by atoms with Crippen LogP contribution in [0.25, 0.3) is 11.0 Å². The maximum absolute atomic E-state index is 5.44. The van der Waals surface area contributed by atoms with Gasteiger partial charge in [-0.05, 0) is 19.1 Å². The summed E-state index contributed by atoms with van der Waals surface area (Å²) in [5.74, 6) is 0. The van der Waals surface area contributed by atoms with E-state index in [2.05, 4.69) is 4.98 Å². The van der Waals surface area contributed by atoms with Crippen LogP contribution in [0.15, 0.2) is 30.6 Å². The van der Waals surface area contributed by atoms with Gasteiger partial charge in [-0.3, -0.25) is 0 Å². The number of fused-ring (bicyclic) bond motifs is 1. The lowest BCUT2D eigenvalue weighted by molar-refractivity contribution is -0.133. The first kappa shape index (κ1) is 10.1. The fourth-order valence-corrected chi connectivity index (χ4v) is 1.37. The van der Waals surface area contributed by atoms with Crippen molar-refractivity contribution in [2.45, 2.75) is 19.9 Å². The van der Waals surface area contributed by atoms with Crippen LogP contribution in [-0.4, -0.2) is 23.0 Å². The number of hydrogen-bond acceptors (Lipinski definition) is 3. The zero-order valence-electron chi connectivity index (χ0n) is 8.88. The van der Waals surface area contributed by atoms with E-state index in [1.54, 1.807) is 13.4 Å². The van der Waals surface area contributed by atoms with Gasteiger partial charge in [0.25, 0.3) is 0 Å². The maximum Gasteiger partial charge on any atom is 0.156 e. The van der Waals surface area contributed by atoms with Crippen LogP contribution in [0.3, 0.4) is 0 Å². The van der Waals surface area contributed by atoms with E-state index in [1.165, 1.54) is 0 Å². The summed E-state index contributed by atoms with van der Waals surface area (Å²) in [5, 5.41) is 0. The zero-order valence-corrected chi connectivity index (χ0v) is 8.88. The molecule has 0 saturated heterocycles. The van der Waals surface area contributed by atoms with Crippen LogP contribution in [0, 0.1) is 0 Å². The highest BCUT2D eigenvalue weighted by Gasteiger charge is 2.03. The van der Waals surface area contributed by atoms with Gasteiger partial charge >= 0.3 is 0 Å². The molecular formula is C11H14N2O2. The smallest absolute Gasteiger partial charge is 0.156 e. The van der Waals surface area contributed by atoms with Crippen molar-refractivity contribution < 1.29 is 9.47 Å². The molecule has 1 unspecified atom stereocenters. The third-order valence-electron chi connectivity index (χ3n) is 2.31. The van der Waals surface area contributed by atoms with E-state index < -0.39 is 0 Å². The second kappa shape index (κ2) is 4.42. The first-order valence-corrected chi connectivity index (χ1v) is 4.85. The van der Waals surface area contributed by atoms with Gasteiger partial charge < -0.3 is 14.0 Å². The van der Waals surface area contributed by atoms with E-state index in [4.69, 9.17) is 9.47 Å². The minimum atomic E-state index is -0.203. The van der Waals surface area contributed by atoms with E-state index in [-0.39, 0.29) is 6.29 Å². The lowest BCUT2D eigenvalue weighted by Gasteiger charge is -2.11. The Hall–Kier alpha value is -1.39. The van der Waals surface area contributed by atoms with Crippen molar-refractivity contribution in [1.82, 2.24) is 9.55 Å². The summed E-state index contributed by atoms with van der Waals surface area (Å²) < 4.78 is 12.4. The number of rotatable bonds is 4. The highest BCUT2D eigenvalue weighted by Crippen LogP contribution is 2.11. The lowest BCUT2D eigenvalue weighted by Crippen LogP contribution is -2.12. The highest BCUT2D eigenvalue weighted by molar-refractivity contribution is 5.74. The van der Waals surface area contributed by atoms with Crippen LogP contribution in [0.4, 0.5) is 0 Å². The summed E-state index contributed by atoms with van der Waals surface area (Å²) in [4.78, 5) is 4.26. The average Bonchev–Trinajstić information content (AvgIpc) is 2.69. The molecule has 0 aliphatic rings. The van der Waals surface area contributed by atoms with Crippen molar-refractivity contribution in [3.8, 4) is 0 Å². The lowest BCUT2D eigenvalue weighted by atomic mass is 10.3. The molecule has 0 radical (unpaired) electrons. The van der Waals surface area contributed by atoms with Gasteiger partial charge in [0.05, 0.1) is 17.4 Å². The van der Waals surface area contributed by atoms with Crippen LogP contribution in [0.5, 0.6) is 0 Å². The third-order valence-corrected chi connectivity index (χ3v) is 2.31. The molecule has 0 amide bonds. The Morgan fingerprint density at radius 1 is 1.40 bits per heavy atom. The minimum absolute atomic E-state index is 0.203. The van der Waals surface area contributed by atoms with E-state index >= 15 is 0 Å². The Kier molecular flexibility index (Phi) is 2.99. The third kappa shape index (κ3) is 2.16. The van der Waals surface area contributed by atoms with Gasteiger partial charge in [-0.25, -0.2) is 4.98 Å². The first-order valence-electron chi connectivity index (χ1n) is 4.85. The quantitative estimate of drug-likeness (QED) is 0.718. The number of aromatic nitrogens is 2. The molecule has 2 rings (SSSR count). The van der Waals surface area contributed by atoms with Crippen LogP contribution < -0.4 is 0 Å². The molecule has 0 fully saturated rings. The van der Waals surface area contributed by atoms with Crippen LogP contribution in [0.2, 0.25) is 0 Å². The Labute approximate surface area is 88.4 Å². The van der Waals surface area contributed by atoms with Crippen LogP contribution in [0.1, 0.15) is 6.92 Å². The second-order valence-corrected chi connectivity index (χ2v) is 3.30. The molecule has 0 N–H and O–H groups in total. The van der Waals surface area contributed by atoms with E-state index in [0.29, 0.717) is 6.73 Å². The number of methoxy groups -OCH3 is 1. The second-order valence-electron chi connectivity index (χ2n) is 3.30. The molecule has 1 aromatic heterocycles. The number of imidazole rings is 1. The Balaban J connectivity index is 2.14. The molecule has 15 heavy (non-hydrogen) atoms. The van der Waals surface area contributed by atoms with Gasteiger partial charge in [0.15, 0.2) is 6.29 Å². The number of ether oxygens (including phenoxy) is 2. The maximum atomic E-state index is 5.44. The molecule has 1 heterocycles.